The van der Waals surface area contributed by atoms with Crippen molar-refractivity contribution < 1.29 is 0 Å². The van der Waals surface area contributed by atoms with E-state index in [-0.39, 0.29) is 5.56 Å². The second-order valence-electron chi connectivity index (χ2n) is 3.60. The Bertz CT molecular complexity index is 321. The topological polar surface area (TPSA) is 22.0 Å². The highest BCUT2D eigenvalue weighted by Crippen LogP contribution is 2.08. The number of nitrogens with zero attached hydrogens (tertiary/aromatic N) is 1. The number of aryl methyl sites for hydroxylation is 1. The van der Waals surface area contributed by atoms with E-state index in [1.54, 1.807) is 16.7 Å². The minimum absolute atomic E-state index is 0.0746. The summed E-state index contributed by atoms with van der Waals surface area (Å²) in [5, 5.41) is 0. The first-order valence-corrected chi connectivity index (χ1v) is 5.49. The predicted molar refractivity (Wildman–Crippen MR) is 59.8 cm³/mol. The van der Waals surface area contributed by atoms with E-state index < -0.39 is 0 Å². The number of aromatic nitrogens is 1. The molecule has 3 heteroatoms. The third-order valence-electron chi connectivity index (χ3n) is 2.36. The average Bonchev–Trinajstić information content (AvgIpc) is 2.17. The minimum Gasteiger partial charge on any atom is -0.316 e. The Balaban J connectivity index is 2.46. The summed E-state index contributed by atoms with van der Waals surface area (Å²) in [5.74, 6) is 1.28. The molecule has 1 aromatic heterocycles. The van der Waals surface area contributed by atoms with Crippen molar-refractivity contribution in [2.45, 2.75) is 26.3 Å². The zero-order chi connectivity index (χ0) is 10.4. The summed E-state index contributed by atoms with van der Waals surface area (Å²) in [7, 11) is 0. The van der Waals surface area contributed by atoms with Crippen LogP contribution in [-0.4, -0.2) is 10.4 Å². The van der Waals surface area contributed by atoms with E-state index in [4.69, 9.17) is 11.6 Å². The van der Waals surface area contributed by atoms with Gasteiger partial charge in [0.25, 0.3) is 0 Å². The van der Waals surface area contributed by atoms with Gasteiger partial charge in [0.05, 0.1) is 0 Å². The number of hydrogen-bond donors (Lipinski definition) is 0. The van der Waals surface area contributed by atoms with E-state index in [2.05, 4.69) is 6.92 Å². The van der Waals surface area contributed by atoms with Crippen LogP contribution in [0.25, 0.3) is 0 Å². The monoisotopic (exact) mass is 213 g/mol. The van der Waals surface area contributed by atoms with Crippen molar-refractivity contribution in [3.63, 3.8) is 0 Å². The van der Waals surface area contributed by atoms with Gasteiger partial charge >= 0.3 is 0 Å². The van der Waals surface area contributed by atoms with Crippen molar-refractivity contribution in [3.8, 4) is 0 Å². The van der Waals surface area contributed by atoms with Crippen molar-refractivity contribution in [1.82, 2.24) is 4.57 Å². The fraction of sp³-hybridized carbons (Fsp3) is 0.545. The quantitative estimate of drug-likeness (QED) is 0.689. The molecule has 1 unspecified atom stereocenters. The number of alkyl halides is 1. The highest BCUT2D eigenvalue weighted by molar-refractivity contribution is 6.17. The van der Waals surface area contributed by atoms with E-state index in [1.807, 2.05) is 12.3 Å². The maximum absolute atomic E-state index is 11.3. The second kappa shape index (κ2) is 5.86. The van der Waals surface area contributed by atoms with Gasteiger partial charge in [-0.05, 0) is 24.8 Å². The summed E-state index contributed by atoms with van der Waals surface area (Å²) in [6.07, 6.45) is 3.86. The highest BCUT2D eigenvalue weighted by atomic mass is 35.5. The maximum atomic E-state index is 11.3. The van der Waals surface area contributed by atoms with Crippen LogP contribution in [0.3, 0.4) is 0 Å². The van der Waals surface area contributed by atoms with E-state index in [0.29, 0.717) is 11.8 Å². The molecule has 0 saturated carbocycles. The van der Waals surface area contributed by atoms with Gasteiger partial charge in [-0.1, -0.05) is 13.0 Å². The van der Waals surface area contributed by atoms with Crippen LogP contribution in [0, 0.1) is 5.92 Å². The van der Waals surface area contributed by atoms with Crippen molar-refractivity contribution in [2.75, 3.05) is 5.88 Å². The molecule has 1 rings (SSSR count). The molecule has 1 aromatic rings. The first-order valence-electron chi connectivity index (χ1n) is 4.95. The molecule has 0 fully saturated rings. The van der Waals surface area contributed by atoms with Gasteiger partial charge in [-0.15, -0.1) is 11.6 Å². The van der Waals surface area contributed by atoms with Gasteiger partial charge in [0.1, 0.15) is 0 Å². The minimum atomic E-state index is 0.0746. The van der Waals surface area contributed by atoms with Crippen LogP contribution >= 0.6 is 11.6 Å². The molecule has 0 N–H and O–H groups in total. The lowest BCUT2D eigenvalue weighted by Gasteiger charge is -2.10. The molecule has 0 aromatic carbocycles. The van der Waals surface area contributed by atoms with Gasteiger partial charge in [0, 0.05) is 24.7 Å². The third kappa shape index (κ3) is 3.54. The summed E-state index contributed by atoms with van der Waals surface area (Å²) in [5.41, 5.74) is 0.0746. The van der Waals surface area contributed by atoms with Crippen molar-refractivity contribution >= 4 is 11.6 Å². The summed E-state index contributed by atoms with van der Waals surface area (Å²) >= 11 is 5.64. The van der Waals surface area contributed by atoms with Crippen LogP contribution in [-0.2, 0) is 6.54 Å². The molecule has 0 aliphatic carbocycles. The lowest BCUT2D eigenvalue weighted by molar-refractivity contribution is 0.465. The molecule has 0 bridgehead atoms. The first kappa shape index (κ1) is 11.3. The molecule has 0 spiro atoms. The SMILES string of the molecule is CC(CCCl)CCn1ccccc1=O. The van der Waals surface area contributed by atoms with Gasteiger partial charge in [-0.25, -0.2) is 0 Å². The lowest BCUT2D eigenvalue weighted by atomic mass is 10.1. The molecule has 1 atom stereocenters. The Morgan fingerprint density at radius 3 is 2.86 bits per heavy atom. The summed E-state index contributed by atoms with van der Waals surface area (Å²) in [4.78, 5) is 11.3. The zero-order valence-electron chi connectivity index (χ0n) is 8.45. The van der Waals surface area contributed by atoms with E-state index >= 15 is 0 Å². The van der Waals surface area contributed by atoms with E-state index in [9.17, 15) is 4.79 Å². The van der Waals surface area contributed by atoms with Crippen LogP contribution in [0.15, 0.2) is 29.2 Å². The summed E-state index contributed by atoms with van der Waals surface area (Å²) in [6, 6.07) is 5.24. The number of hydrogen-bond acceptors (Lipinski definition) is 1. The van der Waals surface area contributed by atoms with Crippen molar-refractivity contribution in [2.24, 2.45) is 5.92 Å². The Labute approximate surface area is 89.5 Å². The van der Waals surface area contributed by atoms with Gasteiger partial charge in [-0.3, -0.25) is 4.79 Å². The fourth-order valence-corrected chi connectivity index (χ4v) is 1.71. The number of halogens is 1. The Hall–Kier alpha value is -0.760. The zero-order valence-corrected chi connectivity index (χ0v) is 9.20. The van der Waals surface area contributed by atoms with Crippen LogP contribution in [0.5, 0.6) is 0 Å². The van der Waals surface area contributed by atoms with Gasteiger partial charge in [0.15, 0.2) is 0 Å². The standard InChI is InChI=1S/C11H16ClNO/c1-10(5-7-12)6-9-13-8-3-2-4-11(13)14/h2-4,8,10H,5-7,9H2,1H3. The fourth-order valence-electron chi connectivity index (χ4n) is 1.34. The van der Waals surface area contributed by atoms with E-state index in [0.717, 1.165) is 19.4 Å². The van der Waals surface area contributed by atoms with Crippen LogP contribution in [0.1, 0.15) is 19.8 Å². The molecule has 0 amide bonds. The molecule has 0 aliphatic heterocycles. The largest absolute Gasteiger partial charge is 0.316 e. The molecule has 14 heavy (non-hydrogen) atoms. The molecule has 0 radical (unpaired) electrons. The summed E-state index contributed by atoms with van der Waals surface area (Å²) in [6.45, 7) is 2.95. The Morgan fingerprint density at radius 1 is 1.43 bits per heavy atom. The van der Waals surface area contributed by atoms with Crippen LogP contribution in [0.2, 0.25) is 0 Å². The van der Waals surface area contributed by atoms with Crippen molar-refractivity contribution in [3.05, 3.63) is 34.7 Å². The van der Waals surface area contributed by atoms with Crippen LogP contribution in [0.4, 0.5) is 0 Å². The second-order valence-corrected chi connectivity index (χ2v) is 3.98. The Morgan fingerprint density at radius 2 is 2.21 bits per heavy atom. The summed E-state index contributed by atoms with van der Waals surface area (Å²) < 4.78 is 1.74. The third-order valence-corrected chi connectivity index (χ3v) is 2.58. The maximum Gasteiger partial charge on any atom is 0.250 e. The molecule has 2 nitrogen and oxygen atoms in total. The molecular weight excluding hydrogens is 198 g/mol. The van der Waals surface area contributed by atoms with E-state index in [1.165, 1.54) is 0 Å². The highest BCUT2D eigenvalue weighted by Gasteiger charge is 2.01. The van der Waals surface area contributed by atoms with Gasteiger partial charge in [0.2, 0.25) is 5.56 Å². The Kier molecular flexibility index (Phi) is 4.74. The first-order chi connectivity index (χ1) is 6.74. The normalized spacial score (nSPS) is 12.7. The smallest absolute Gasteiger partial charge is 0.250 e. The number of rotatable bonds is 5. The molecular formula is C11H16ClNO. The molecule has 0 aliphatic rings. The van der Waals surface area contributed by atoms with Crippen molar-refractivity contribution in [1.29, 1.82) is 0 Å². The van der Waals surface area contributed by atoms with Gasteiger partial charge < -0.3 is 4.57 Å². The predicted octanol–water partition coefficient (Wildman–Crippen LogP) is 2.50. The number of pyridine rings is 1. The molecule has 78 valence electrons. The lowest BCUT2D eigenvalue weighted by Crippen LogP contribution is -2.18. The van der Waals surface area contributed by atoms with Crippen LogP contribution < -0.4 is 5.56 Å². The van der Waals surface area contributed by atoms with Gasteiger partial charge in [-0.2, -0.15) is 0 Å². The average molecular weight is 214 g/mol. The molecule has 1 heterocycles. The molecule has 0 saturated heterocycles.